The number of anilines is 1. The van der Waals surface area contributed by atoms with Gasteiger partial charge in [-0.25, -0.2) is 4.79 Å². The summed E-state index contributed by atoms with van der Waals surface area (Å²) < 4.78 is 16.5. The molecule has 0 bridgehead atoms. The van der Waals surface area contributed by atoms with Crippen LogP contribution in [0, 0.1) is 36.0 Å². The van der Waals surface area contributed by atoms with Gasteiger partial charge in [-0.05, 0) is 89.8 Å². The van der Waals surface area contributed by atoms with Gasteiger partial charge >= 0.3 is 6.09 Å². The summed E-state index contributed by atoms with van der Waals surface area (Å²) in [5.74, 6) is -1.57. The molecule has 4 amide bonds. The number of carbonyl (C=O) groups is 4. The van der Waals surface area contributed by atoms with Gasteiger partial charge < -0.3 is 41.0 Å². The summed E-state index contributed by atoms with van der Waals surface area (Å²) >= 11 is 0. The maximum absolute atomic E-state index is 13.4. The molecule has 0 saturated carbocycles. The fraction of sp³-hybridized carbons (Fsp3) is 0.722. The average Bonchev–Trinajstić information content (AvgIpc) is 2.95. The fourth-order valence-electron chi connectivity index (χ4n) is 5.01. The standard InChI is InChI=1S/C36H62N4O8/c1-22(2)25(19-31(42)39-28-17-24(5)13-14-30(28)47-16-12-15-46-11)18-27(40-34(45)48-35(6,7)8)29(41)20-26(23(3)4)32(43)38-21-36(9,10)33(37)44/h13-14,17,22-23,25-27,29,41H,12,15-16,18-21H2,1-11H3,(H2,37,44)(H,38,43)(H,39,42)(H,40,45)/t25-,26+,27+,29+/m1/s1. The number of rotatable bonds is 20. The first-order valence-electron chi connectivity index (χ1n) is 16.9. The molecule has 6 N–H and O–H groups in total. The molecule has 0 aliphatic heterocycles. The number of nitrogens with one attached hydrogen (secondary N) is 3. The van der Waals surface area contributed by atoms with E-state index in [0.29, 0.717) is 31.1 Å². The lowest BCUT2D eigenvalue weighted by molar-refractivity contribution is -0.130. The van der Waals surface area contributed by atoms with Crippen molar-refractivity contribution in [3.05, 3.63) is 23.8 Å². The van der Waals surface area contributed by atoms with Crippen molar-refractivity contribution in [2.24, 2.45) is 34.8 Å². The van der Waals surface area contributed by atoms with Gasteiger partial charge in [-0.2, -0.15) is 0 Å². The van der Waals surface area contributed by atoms with E-state index in [0.717, 1.165) is 5.56 Å². The highest BCUT2D eigenvalue weighted by Gasteiger charge is 2.35. The van der Waals surface area contributed by atoms with Crippen LogP contribution in [-0.4, -0.2) is 73.5 Å². The van der Waals surface area contributed by atoms with Crippen LogP contribution in [0.3, 0.4) is 0 Å². The third-order valence-corrected chi connectivity index (χ3v) is 8.28. The first-order valence-corrected chi connectivity index (χ1v) is 16.9. The lowest BCUT2D eigenvalue weighted by Crippen LogP contribution is -2.49. The number of amides is 4. The normalized spacial score (nSPS) is 14.5. The largest absolute Gasteiger partial charge is 0.491 e. The predicted molar refractivity (Wildman–Crippen MR) is 187 cm³/mol. The lowest BCUT2D eigenvalue weighted by Gasteiger charge is -2.33. The summed E-state index contributed by atoms with van der Waals surface area (Å²) in [6.45, 7) is 19.2. The summed E-state index contributed by atoms with van der Waals surface area (Å²) in [4.78, 5) is 51.4. The van der Waals surface area contributed by atoms with E-state index in [1.165, 1.54) is 0 Å². The zero-order chi connectivity index (χ0) is 36.8. The molecule has 1 aromatic rings. The van der Waals surface area contributed by atoms with E-state index >= 15 is 0 Å². The van der Waals surface area contributed by atoms with Crippen LogP contribution in [-0.2, 0) is 23.9 Å². The third-order valence-electron chi connectivity index (χ3n) is 8.28. The number of alkyl carbamates (subject to hydrolysis) is 1. The quantitative estimate of drug-likeness (QED) is 0.120. The second-order valence-electron chi connectivity index (χ2n) is 15.1. The summed E-state index contributed by atoms with van der Waals surface area (Å²) in [5.41, 5.74) is 5.27. The smallest absolute Gasteiger partial charge is 0.407 e. The second-order valence-corrected chi connectivity index (χ2v) is 15.1. The van der Waals surface area contributed by atoms with E-state index < -0.39 is 41.1 Å². The van der Waals surface area contributed by atoms with Crippen molar-refractivity contribution >= 4 is 29.5 Å². The minimum atomic E-state index is -1.15. The van der Waals surface area contributed by atoms with Crippen molar-refractivity contribution in [1.82, 2.24) is 10.6 Å². The number of nitrogens with two attached hydrogens (primary N) is 1. The Bertz CT molecular complexity index is 1190. The third kappa shape index (κ3) is 15.7. The highest BCUT2D eigenvalue weighted by atomic mass is 16.6. The Kier molecular flexibility index (Phi) is 17.4. The molecule has 0 aliphatic rings. The Hall–Kier alpha value is -3.38. The second kappa shape index (κ2) is 19.6. The van der Waals surface area contributed by atoms with E-state index in [4.69, 9.17) is 19.9 Å². The zero-order valence-electron chi connectivity index (χ0n) is 31.0. The highest BCUT2D eigenvalue weighted by Crippen LogP contribution is 2.30. The number of aryl methyl sites for hydroxylation is 1. The van der Waals surface area contributed by atoms with Gasteiger partial charge in [0, 0.05) is 39.0 Å². The van der Waals surface area contributed by atoms with E-state index in [2.05, 4.69) is 16.0 Å². The number of hydrogen-bond donors (Lipinski definition) is 5. The van der Waals surface area contributed by atoms with Crippen molar-refractivity contribution in [2.45, 2.75) is 113 Å². The molecule has 0 unspecified atom stereocenters. The Labute approximate surface area is 287 Å². The molecule has 0 spiro atoms. The monoisotopic (exact) mass is 678 g/mol. The van der Waals surface area contributed by atoms with Crippen molar-refractivity contribution in [3.8, 4) is 5.75 Å². The van der Waals surface area contributed by atoms with Gasteiger partial charge in [-0.3, -0.25) is 14.4 Å². The number of primary amides is 1. The number of ether oxygens (including phenoxy) is 3. The molecule has 12 heteroatoms. The van der Waals surface area contributed by atoms with Crippen molar-refractivity contribution in [2.75, 3.05) is 32.2 Å². The van der Waals surface area contributed by atoms with Gasteiger partial charge in [0.1, 0.15) is 11.4 Å². The zero-order valence-corrected chi connectivity index (χ0v) is 31.0. The molecule has 1 aromatic carbocycles. The Morgan fingerprint density at radius 3 is 2.15 bits per heavy atom. The van der Waals surface area contributed by atoms with E-state index in [-0.39, 0.29) is 55.4 Å². The summed E-state index contributed by atoms with van der Waals surface area (Å²) in [7, 11) is 1.63. The molecule has 12 nitrogen and oxygen atoms in total. The maximum Gasteiger partial charge on any atom is 0.407 e. The van der Waals surface area contributed by atoms with Crippen LogP contribution in [0.1, 0.15) is 93.6 Å². The number of methoxy groups -OCH3 is 1. The number of benzene rings is 1. The molecule has 0 aliphatic carbocycles. The fourth-order valence-corrected chi connectivity index (χ4v) is 5.01. The van der Waals surface area contributed by atoms with Crippen LogP contribution in [0.2, 0.25) is 0 Å². The first kappa shape index (κ1) is 42.6. The minimum Gasteiger partial charge on any atom is -0.491 e. The molecule has 0 radical (unpaired) electrons. The molecular weight excluding hydrogens is 616 g/mol. The van der Waals surface area contributed by atoms with Gasteiger partial charge in [0.15, 0.2) is 0 Å². The van der Waals surface area contributed by atoms with Crippen LogP contribution in [0.5, 0.6) is 5.75 Å². The van der Waals surface area contributed by atoms with Crippen LogP contribution < -0.4 is 26.4 Å². The van der Waals surface area contributed by atoms with Gasteiger partial charge in [0.25, 0.3) is 0 Å². The number of carbonyl (C=O) groups excluding carboxylic acids is 4. The van der Waals surface area contributed by atoms with E-state index in [1.54, 1.807) is 41.7 Å². The minimum absolute atomic E-state index is 0.00776. The van der Waals surface area contributed by atoms with Gasteiger partial charge in [-0.1, -0.05) is 33.8 Å². The summed E-state index contributed by atoms with van der Waals surface area (Å²) in [6.07, 6.45) is -0.752. The predicted octanol–water partition coefficient (Wildman–Crippen LogP) is 4.95. The first-order chi connectivity index (χ1) is 22.2. The molecule has 0 fully saturated rings. The molecule has 274 valence electrons. The SMILES string of the molecule is COCCCOc1ccc(C)cc1NC(=O)C[C@@H](C[C@H](NC(=O)OC(C)(C)C)[C@@H](O)C[C@H](C(=O)NCC(C)(C)C(N)=O)C(C)C)C(C)C. The Balaban J connectivity index is 3.21. The van der Waals surface area contributed by atoms with Crippen molar-refractivity contribution in [1.29, 1.82) is 0 Å². The molecule has 0 aromatic heterocycles. The van der Waals surface area contributed by atoms with Crippen LogP contribution in [0.15, 0.2) is 18.2 Å². The molecule has 4 atom stereocenters. The van der Waals surface area contributed by atoms with Crippen LogP contribution in [0.25, 0.3) is 0 Å². The Morgan fingerprint density at radius 1 is 0.958 bits per heavy atom. The topological polar surface area (TPSA) is 178 Å². The highest BCUT2D eigenvalue weighted by molar-refractivity contribution is 5.92. The summed E-state index contributed by atoms with van der Waals surface area (Å²) in [5, 5.41) is 20.2. The van der Waals surface area contributed by atoms with E-state index in [9.17, 15) is 24.3 Å². The molecule has 0 heterocycles. The van der Waals surface area contributed by atoms with Crippen molar-refractivity contribution in [3.63, 3.8) is 0 Å². The molecule has 0 saturated heterocycles. The average molecular weight is 679 g/mol. The van der Waals surface area contributed by atoms with Crippen LogP contribution >= 0.6 is 0 Å². The maximum atomic E-state index is 13.4. The summed E-state index contributed by atoms with van der Waals surface area (Å²) in [6, 6.07) is 4.77. The van der Waals surface area contributed by atoms with Crippen molar-refractivity contribution < 1.29 is 38.5 Å². The van der Waals surface area contributed by atoms with Crippen LogP contribution in [0.4, 0.5) is 10.5 Å². The van der Waals surface area contributed by atoms with Gasteiger partial charge in [-0.15, -0.1) is 0 Å². The molecular formula is C36H62N4O8. The number of aliphatic hydroxyl groups excluding tert-OH is 1. The lowest BCUT2D eigenvalue weighted by atomic mass is 9.81. The molecule has 48 heavy (non-hydrogen) atoms. The van der Waals surface area contributed by atoms with Gasteiger partial charge in [0.05, 0.1) is 29.9 Å². The van der Waals surface area contributed by atoms with E-state index in [1.807, 2.05) is 52.8 Å². The number of hydrogen-bond acceptors (Lipinski definition) is 8. The Morgan fingerprint density at radius 2 is 1.60 bits per heavy atom. The molecule has 1 rings (SSSR count). The van der Waals surface area contributed by atoms with Gasteiger partial charge in [0.2, 0.25) is 17.7 Å². The number of aliphatic hydroxyl groups is 1.